The van der Waals surface area contributed by atoms with Gasteiger partial charge in [0.1, 0.15) is 0 Å². The zero-order valence-electron chi connectivity index (χ0n) is 16.6. The van der Waals surface area contributed by atoms with Gasteiger partial charge in [0, 0.05) is 18.2 Å². The third-order valence-corrected chi connectivity index (χ3v) is 4.80. The van der Waals surface area contributed by atoms with E-state index >= 15 is 0 Å². The molecule has 0 bridgehead atoms. The highest BCUT2D eigenvalue weighted by Crippen LogP contribution is 2.43. The van der Waals surface area contributed by atoms with Crippen LogP contribution in [0.3, 0.4) is 0 Å². The van der Waals surface area contributed by atoms with Crippen molar-refractivity contribution in [3.63, 3.8) is 0 Å². The fourth-order valence-electron chi connectivity index (χ4n) is 3.46. The summed E-state index contributed by atoms with van der Waals surface area (Å²) in [6, 6.07) is 5.97. The molecule has 1 amide bonds. The van der Waals surface area contributed by atoms with Gasteiger partial charge in [-0.1, -0.05) is 19.9 Å². The molecule has 1 atom stereocenters. The molecule has 2 aromatic rings. The number of ketones is 1. The number of amides is 1. The topological polar surface area (TPSA) is 87.1 Å². The number of carbonyl (C=O) groups is 2. The number of carbonyl (C=O) groups excluding carboxylic acids is 2. The largest absolute Gasteiger partial charge is 0.504 e. The van der Waals surface area contributed by atoms with Gasteiger partial charge >= 0.3 is 0 Å². The van der Waals surface area contributed by atoms with Crippen molar-refractivity contribution in [1.29, 1.82) is 0 Å². The van der Waals surface area contributed by atoms with Gasteiger partial charge in [-0.05, 0) is 35.7 Å². The number of hydrogen-bond donors (Lipinski definition) is 2. The van der Waals surface area contributed by atoms with E-state index in [1.54, 1.807) is 0 Å². The van der Waals surface area contributed by atoms with Gasteiger partial charge in [-0.3, -0.25) is 14.5 Å². The summed E-state index contributed by atoms with van der Waals surface area (Å²) in [5.41, 5.74) is 0.0867. The molecule has 1 aliphatic heterocycles. The van der Waals surface area contributed by atoms with Crippen LogP contribution in [0.2, 0.25) is 0 Å². The van der Waals surface area contributed by atoms with E-state index in [1.807, 2.05) is 13.8 Å². The average Bonchev–Trinajstić information content (AvgIpc) is 2.94. The average molecular weight is 417 g/mol. The maximum Gasteiger partial charge on any atom is 0.294 e. The molecule has 3 rings (SSSR count). The first kappa shape index (κ1) is 21.3. The standard InChI is InChI=1S/C22H21F2NO5/c1-11(2)8-17(27)19-20(12-4-7-18(30-3)16(26)9-12)25(22(29)21(19)28)13-5-6-14(23)15(24)10-13/h4-7,9-11,20,26,28H,8H2,1-3H3. The van der Waals surface area contributed by atoms with Crippen LogP contribution >= 0.6 is 0 Å². The van der Waals surface area contributed by atoms with Gasteiger partial charge in [-0.25, -0.2) is 8.78 Å². The summed E-state index contributed by atoms with van der Waals surface area (Å²) in [7, 11) is 1.37. The summed E-state index contributed by atoms with van der Waals surface area (Å²) in [6.45, 7) is 3.63. The number of phenols is 1. The number of benzene rings is 2. The number of hydrogen-bond acceptors (Lipinski definition) is 5. The number of nitrogens with zero attached hydrogens (tertiary/aromatic N) is 1. The number of Topliss-reactive ketones (excluding diaryl/α,β-unsaturated/α-hetero) is 1. The van der Waals surface area contributed by atoms with Crippen LogP contribution in [0.15, 0.2) is 47.7 Å². The number of methoxy groups -OCH3 is 1. The molecule has 1 unspecified atom stereocenters. The van der Waals surface area contributed by atoms with E-state index in [0.717, 1.165) is 17.0 Å². The number of rotatable bonds is 6. The van der Waals surface area contributed by atoms with E-state index in [1.165, 1.54) is 31.4 Å². The SMILES string of the molecule is COc1ccc(C2C(C(=O)CC(C)C)=C(O)C(=O)N2c2ccc(F)c(F)c2)cc1O. The van der Waals surface area contributed by atoms with Crippen molar-refractivity contribution in [3.05, 3.63) is 64.9 Å². The first-order valence-electron chi connectivity index (χ1n) is 9.27. The van der Waals surface area contributed by atoms with Crippen molar-refractivity contribution in [2.45, 2.75) is 26.3 Å². The molecule has 2 aromatic carbocycles. The molecule has 0 aromatic heterocycles. The molecule has 0 saturated carbocycles. The molecule has 30 heavy (non-hydrogen) atoms. The number of ether oxygens (including phenoxy) is 1. The number of aliphatic hydroxyl groups excluding tert-OH is 1. The number of aliphatic hydroxyl groups is 1. The fourth-order valence-corrected chi connectivity index (χ4v) is 3.46. The van der Waals surface area contributed by atoms with E-state index in [0.29, 0.717) is 5.56 Å². The highest BCUT2D eigenvalue weighted by Gasteiger charge is 2.44. The van der Waals surface area contributed by atoms with E-state index in [9.17, 15) is 28.6 Å². The quantitative estimate of drug-likeness (QED) is 0.736. The molecular formula is C22H21F2NO5. The summed E-state index contributed by atoms with van der Waals surface area (Å²) in [5.74, 6) is -4.54. The van der Waals surface area contributed by atoms with Crippen LogP contribution in [0, 0.1) is 17.6 Å². The van der Waals surface area contributed by atoms with E-state index in [2.05, 4.69) is 0 Å². The molecule has 0 fully saturated rings. The van der Waals surface area contributed by atoms with Crippen LogP contribution in [0.4, 0.5) is 14.5 Å². The summed E-state index contributed by atoms with van der Waals surface area (Å²) in [6.07, 6.45) is 0.0664. The van der Waals surface area contributed by atoms with Crippen LogP contribution in [0.25, 0.3) is 0 Å². The van der Waals surface area contributed by atoms with Crippen LogP contribution in [0.5, 0.6) is 11.5 Å². The number of anilines is 1. The van der Waals surface area contributed by atoms with E-state index < -0.39 is 35.1 Å². The molecule has 1 aliphatic rings. The Bertz CT molecular complexity index is 1050. The predicted octanol–water partition coefficient (Wildman–Crippen LogP) is 4.19. The molecule has 2 N–H and O–H groups in total. The summed E-state index contributed by atoms with van der Waals surface area (Å²) < 4.78 is 32.3. The molecule has 6 nitrogen and oxygen atoms in total. The van der Waals surface area contributed by atoms with Crippen molar-refractivity contribution in [2.75, 3.05) is 12.0 Å². The lowest BCUT2D eigenvalue weighted by Crippen LogP contribution is -2.31. The number of aromatic hydroxyl groups is 1. The highest BCUT2D eigenvalue weighted by atomic mass is 19.2. The Morgan fingerprint density at radius 2 is 1.83 bits per heavy atom. The van der Waals surface area contributed by atoms with Crippen molar-refractivity contribution in [3.8, 4) is 11.5 Å². The minimum absolute atomic E-state index is 0.0434. The minimum atomic E-state index is -1.18. The van der Waals surface area contributed by atoms with Crippen LogP contribution in [-0.4, -0.2) is 29.0 Å². The Balaban J connectivity index is 2.19. The molecular weight excluding hydrogens is 396 g/mol. The molecule has 158 valence electrons. The first-order chi connectivity index (χ1) is 14.1. The van der Waals surface area contributed by atoms with Crippen molar-refractivity contribution >= 4 is 17.4 Å². The summed E-state index contributed by atoms with van der Waals surface area (Å²) in [4.78, 5) is 26.7. The fraction of sp³-hybridized carbons (Fsp3) is 0.273. The number of phenolic OH excluding ortho intramolecular Hbond substituents is 1. The molecule has 8 heteroatoms. The predicted molar refractivity (Wildman–Crippen MR) is 105 cm³/mol. The lowest BCUT2D eigenvalue weighted by Gasteiger charge is -2.27. The van der Waals surface area contributed by atoms with Crippen LogP contribution in [0.1, 0.15) is 31.9 Å². The van der Waals surface area contributed by atoms with Gasteiger partial charge in [0.15, 0.2) is 34.7 Å². The van der Waals surface area contributed by atoms with Gasteiger partial charge in [0.25, 0.3) is 5.91 Å². The van der Waals surface area contributed by atoms with Gasteiger partial charge in [-0.2, -0.15) is 0 Å². The normalized spacial score (nSPS) is 16.5. The third-order valence-electron chi connectivity index (χ3n) is 4.80. The first-order valence-corrected chi connectivity index (χ1v) is 9.27. The monoisotopic (exact) mass is 417 g/mol. The minimum Gasteiger partial charge on any atom is -0.504 e. The second kappa shape index (κ2) is 8.14. The zero-order valence-corrected chi connectivity index (χ0v) is 16.6. The highest BCUT2D eigenvalue weighted by molar-refractivity contribution is 6.16. The molecule has 0 spiro atoms. The van der Waals surface area contributed by atoms with Crippen LogP contribution in [-0.2, 0) is 9.59 Å². The third kappa shape index (κ3) is 3.72. The van der Waals surface area contributed by atoms with E-state index in [4.69, 9.17) is 4.74 Å². The summed E-state index contributed by atoms with van der Waals surface area (Å²) in [5, 5.41) is 20.7. The Morgan fingerprint density at radius 3 is 2.40 bits per heavy atom. The lowest BCUT2D eigenvalue weighted by molar-refractivity contribution is -0.118. The Hall–Kier alpha value is -3.42. The Labute approximate surface area is 172 Å². The van der Waals surface area contributed by atoms with Gasteiger partial charge in [0.05, 0.1) is 18.7 Å². The summed E-state index contributed by atoms with van der Waals surface area (Å²) >= 11 is 0. The second-order valence-electron chi connectivity index (χ2n) is 7.39. The maximum absolute atomic E-state index is 13.9. The second-order valence-corrected chi connectivity index (χ2v) is 7.39. The van der Waals surface area contributed by atoms with Gasteiger partial charge in [0.2, 0.25) is 0 Å². The molecule has 0 radical (unpaired) electrons. The van der Waals surface area contributed by atoms with Crippen molar-refractivity contribution in [2.24, 2.45) is 5.92 Å². The Kier molecular flexibility index (Phi) is 5.78. The number of halogens is 2. The zero-order chi connectivity index (χ0) is 22.2. The molecule has 1 heterocycles. The van der Waals surface area contributed by atoms with Crippen LogP contribution < -0.4 is 9.64 Å². The van der Waals surface area contributed by atoms with Gasteiger partial charge < -0.3 is 14.9 Å². The Morgan fingerprint density at radius 1 is 1.13 bits per heavy atom. The molecule has 0 saturated heterocycles. The van der Waals surface area contributed by atoms with Gasteiger partial charge in [-0.15, -0.1) is 0 Å². The van der Waals surface area contributed by atoms with Crippen molar-refractivity contribution in [1.82, 2.24) is 0 Å². The van der Waals surface area contributed by atoms with E-state index in [-0.39, 0.29) is 35.1 Å². The molecule has 0 aliphatic carbocycles. The van der Waals surface area contributed by atoms with Crippen molar-refractivity contribution < 1.29 is 33.3 Å². The lowest BCUT2D eigenvalue weighted by atomic mass is 9.92. The maximum atomic E-state index is 13.9. The smallest absolute Gasteiger partial charge is 0.294 e.